The quantitative estimate of drug-likeness (QED) is 0.421. The third-order valence-electron chi connectivity index (χ3n) is 5.04. The molecule has 3 saturated carbocycles. The Kier molecular flexibility index (Phi) is 1.96. The van der Waals surface area contributed by atoms with Gasteiger partial charge in [-0.25, -0.2) is 0 Å². The highest BCUT2D eigenvalue weighted by molar-refractivity contribution is 6.52. The molecule has 0 N–H and O–H groups in total. The van der Waals surface area contributed by atoms with E-state index in [9.17, 15) is 9.59 Å². The first-order chi connectivity index (χ1) is 8.44. The molecule has 0 saturated heterocycles. The smallest absolute Gasteiger partial charge is 0.302 e. The van der Waals surface area contributed by atoms with Gasteiger partial charge in [-0.1, -0.05) is 12.2 Å². The molecule has 5 heteroatoms. The van der Waals surface area contributed by atoms with E-state index in [-0.39, 0.29) is 53.4 Å². The normalized spacial score (nSPS) is 53.3. The molecule has 0 spiro atoms. The molecule has 0 radical (unpaired) electrons. The Labute approximate surface area is 114 Å². The lowest BCUT2D eigenvalue weighted by atomic mass is 9.71. The van der Waals surface area contributed by atoms with Crippen molar-refractivity contribution in [3.8, 4) is 0 Å². The molecule has 4 aliphatic carbocycles. The Morgan fingerprint density at radius 3 is 2.17 bits per heavy atom. The van der Waals surface area contributed by atoms with Gasteiger partial charge in [-0.3, -0.25) is 9.59 Å². The average Bonchev–Trinajstić information content (AvgIpc) is 2.52. The van der Waals surface area contributed by atoms with Crippen molar-refractivity contribution in [2.75, 3.05) is 0 Å². The van der Waals surface area contributed by atoms with Gasteiger partial charge in [0.05, 0.1) is 0 Å². The number of fused-ring (bicyclic) bond motifs is 9. The molecule has 0 aliphatic heterocycles. The number of alkyl halides is 2. The molecule has 0 aromatic carbocycles. The lowest BCUT2D eigenvalue weighted by Gasteiger charge is -2.37. The number of carbonyl (C=O) groups is 2. The van der Waals surface area contributed by atoms with Crippen molar-refractivity contribution in [1.29, 1.82) is 0 Å². The fraction of sp³-hybridized carbons (Fsp3) is 0.692. The average molecular weight is 287 g/mol. The predicted molar refractivity (Wildman–Crippen MR) is 65.1 cm³/mol. The van der Waals surface area contributed by atoms with Crippen LogP contribution in [0.1, 0.15) is 6.92 Å². The van der Waals surface area contributed by atoms with Gasteiger partial charge in [0.1, 0.15) is 16.2 Å². The molecule has 0 heterocycles. The summed E-state index contributed by atoms with van der Waals surface area (Å²) in [7, 11) is 0. The minimum Gasteiger partial charge on any atom is -0.461 e. The fourth-order valence-electron chi connectivity index (χ4n) is 4.46. The number of ketones is 1. The van der Waals surface area contributed by atoms with E-state index in [1.807, 2.05) is 12.2 Å². The van der Waals surface area contributed by atoms with Gasteiger partial charge in [-0.15, -0.1) is 23.2 Å². The van der Waals surface area contributed by atoms with Crippen molar-refractivity contribution in [2.24, 2.45) is 35.5 Å². The number of esters is 1. The van der Waals surface area contributed by atoms with E-state index in [2.05, 4.69) is 0 Å². The minimum atomic E-state index is -0.743. The van der Waals surface area contributed by atoms with Crippen molar-refractivity contribution in [2.45, 2.75) is 17.4 Å². The van der Waals surface area contributed by atoms with E-state index < -0.39 is 4.33 Å². The lowest BCUT2D eigenvalue weighted by Crippen LogP contribution is -2.47. The summed E-state index contributed by atoms with van der Waals surface area (Å²) in [4.78, 5) is 23.5. The van der Waals surface area contributed by atoms with Crippen molar-refractivity contribution < 1.29 is 14.3 Å². The third kappa shape index (κ3) is 1.09. The first-order valence-corrected chi connectivity index (χ1v) is 6.97. The molecule has 4 bridgehead atoms. The van der Waals surface area contributed by atoms with Crippen LogP contribution in [0, 0.1) is 35.5 Å². The maximum atomic E-state index is 12.3. The first kappa shape index (κ1) is 11.3. The van der Waals surface area contributed by atoms with E-state index in [1.165, 1.54) is 6.92 Å². The molecular weight excluding hydrogens is 275 g/mol. The number of halogens is 2. The van der Waals surface area contributed by atoms with Gasteiger partial charge in [0.15, 0.2) is 0 Å². The Hall–Kier alpha value is -0.540. The van der Waals surface area contributed by atoms with Crippen LogP contribution in [-0.2, 0) is 14.3 Å². The topological polar surface area (TPSA) is 43.4 Å². The molecule has 18 heavy (non-hydrogen) atoms. The number of rotatable bonds is 1. The standard InChI is InChI=1S/C13H12Cl2O3/c1-4(16)18-12-5-2-3-6(12)8-10-9(13(10,14)15)7(5)11(8)17/h2-3,5-10,12H,1H3/t5-,6+,7+,8-,9+,10-,12?. The van der Waals surface area contributed by atoms with Crippen molar-refractivity contribution in [3.05, 3.63) is 12.2 Å². The Morgan fingerprint density at radius 1 is 1.22 bits per heavy atom. The van der Waals surface area contributed by atoms with Crippen LogP contribution >= 0.6 is 23.2 Å². The maximum absolute atomic E-state index is 12.3. The van der Waals surface area contributed by atoms with Gasteiger partial charge in [-0.2, -0.15) is 0 Å². The minimum absolute atomic E-state index is 0.0305. The molecule has 1 unspecified atom stereocenters. The number of carbonyl (C=O) groups excluding carboxylic acids is 2. The zero-order chi connectivity index (χ0) is 12.8. The summed E-state index contributed by atoms with van der Waals surface area (Å²) in [5.74, 6) is -0.292. The summed E-state index contributed by atoms with van der Waals surface area (Å²) in [5.41, 5.74) is 0. The van der Waals surface area contributed by atoms with Crippen LogP contribution in [0.3, 0.4) is 0 Å². The number of Topliss-reactive ketones (excluding diaryl/α,β-unsaturated/α-hetero) is 1. The Morgan fingerprint density at radius 2 is 1.72 bits per heavy atom. The SMILES string of the molecule is CC(=O)OC1[C@H]2C=C[C@@H]1[C@@H]1C(=O)[C@H]2[C@@H]2[C@H]1C2(Cl)Cl. The van der Waals surface area contributed by atoms with Crippen molar-refractivity contribution in [1.82, 2.24) is 0 Å². The molecule has 0 amide bonds. The van der Waals surface area contributed by atoms with Gasteiger partial charge in [0.25, 0.3) is 0 Å². The van der Waals surface area contributed by atoms with Crippen LogP contribution in [0.2, 0.25) is 0 Å². The first-order valence-electron chi connectivity index (χ1n) is 6.21. The largest absolute Gasteiger partial charge is 0.461 e. The summed E-state index contributed by atoms with van der Waals surface area (Å²) in [6, 6.07) is 0. The highest BCUT2D eigenvalue weighted by Crippen LogP contribution is 2.76. The van der Waals surface area contributed by atoms with Gasteiger partial charge < -0.3 is 4.74 Å². The zero-order valence-corrected chi connectivity index (χ0v) is 11.2. The maximum Gasteiger partial charge on any atom is 0.302 e. The third-order valence-corrected chi connectivity index (χ3v) is 6.05. The van der Waals surface area contributed by atoms with Crippen LogP contribution in [0.5, 0.6) is 0 Å². The summed E-state index contributed by atoms with van der Waals surface area (Å²) < 4.78 is 4.66. The van der Waals surface area contributed by atoms with E-state index in [4.69, 9.17) is 27.9 Å². The molecule has 4 rings (SSSR count). The summed E-state index contributed by atoms with van der Waals surface area (Å²) in [6.45, 7) is 1.41. The van der Waals surface area contributed by atoms with Gasteiger partial charge in [-0.05, 0) is 0 Å². The summed E-state index contributed by atoms with van der Waals surface area (Å²) in [5, 5.41) is 0. The van der Waals surface area contributed by atoms with Gasteiger partial charge in [0, 0.05) is 42.4 Å². The van der Waals surface area contributed by atoms with E-state index in [0.29, 0.717) is 0 Å². The van der Waals surface area contributed by atoms with Crippen LogP contribution < -0.4 is 0 Å². The molecule has 96 valence electrons. The van der Waals surface area contributed by atoms with E-state index >= 15 is 0 Å². The predicted octanol–water partition coefficient (Wildman–Crippen LogP) is 1.97. The van der Waals surface area contributed by atoms with Crippen LogP contribution in [0.4, 0.5) is 0 Å². The highest BCUT2D eigenvalue weighted by atomic mass is 35.5. The molecule has 3 nitrogen and oxygen atoms in total. The van der Waals surface area contributed by atoms with Gasteiger partial charge in [0.2, 0.25) is 0 Å². The summed E-state index contributed by atoms with van der Waals surface area (Å²) >= 11 is 12.5. The number of hydrogen-bond donors (Lipinski definition) is 0. The second-order valence-electron chi connectivity index (χ2n) is 5.79. The highest BCUT2D eigenvalue weighted by Gasteiger charge is 2.81. The fourth-order valence-corrected chi connectivity index (χ4v) is 5.42. The van der Waals surface area contributed by atoms with Crippen LogP contribution in [0.15, 0.2) is 12.2 Å². The second kappa shape index (κ2) is 3.13. The lowest BCUT2D eigenvalue weighted by molar-refractivity contribution is -0.158. The molecule has 0 aromatic heterocycles. The second-order valence-corrected chi connectivity index (χ2v) is 7.24. The Balaban J connectivity index is 1.73. The molecule has 0 aromatic rings. The molecule has 3 fully saturated rings. The van der Waals surface area contributed by atoms with E-state index in [0.717, 1.165) is 0 Å². The Bertz CT molecular complexity index is 466. The van der Waals surface area contributed by atoms with Crippen molar-refractivity contribution in [3.63, 3.8) is 0 Å². The summed E-state index contributed by atoms with van der Waals surface area (Å²) in [6.07, 6.45) is 3.84. The van der Waals surface area contributed by atoms with Gasteiger partial charge >= 0.3 is 5.97 Å². The molecule has 4 aliphatic rings. The number of hydrogen-bond acceptors (Lipinski definition) is 3. The van der Waals surface area contributed by atoms with Crippen molar-refractivity contribution >= 4 is 35.0 Å². The number of ether oxygens (including phenoxy) is 1. The zero-order valence-electron chi connectivity index (χ0n) is 9.68. The monoisotopic (exact) mass is 286 g/mol. The molecular formula is C13H12Cl2O3. The van der Waals surface area contributed by atoms with Crippen LogP contribution in [0.25, 0.3) is 0 Å². The van der Waals surface area contributed by atoms with Crippen LogP contribution in [-0.4, -0.2) is 22.2 Å². The molecule has 7 atom stereocenters. The van der Waals surface area contributed by atoms with E-state index in [1.54, 1.807) is 0 Å².